The Morgan fingerprint density at radius 3 is 2.55 bits per heavy atom. The number of anilines is 1. The summed E-state index contributed by atoms with van der Waals surface area (Å²) in [5, 5.41) is 3.06. The van der Waals surface area contributed by atoms with Crippen LogP contribution in [0.25, 0.3) is 11.1 Å². The Hall–Kier alpha value is -2.82. The van der Waals surface area contributed by atoms with E-state index in [4.69, 9.17) is 0 Å². The van der Waals surface area contributed by atoms with Crippen molar-refractivity contribution < 1.29 is 9.59 Å². The Morgan fingerprint density at radius 2 is 1.83 bits per heavy atom. The van der Waals surface area contributed by atoms with Gasteiger partial charge < -0.3 is 15.1 Å². The molecule has 3 amide bonds. The fraction of sp³-hybridized carbons (Fsp3) is 0.417. The maximum atomic E-state index is 12.8. The van der Waals surface area contributed by atoms with E-state index in [9.17, 15) is 9.59 Å². The first-order valence-corrected chi connectivity index (χ1v) is 10.6. The molecule has 2 heterocycles. The average molecular weight is 392 g/mol. The van der Waals surface area contributed by atoms with Gasteiger partial charge in [-0.25, -0.2) is 4.79 Å². The molecule has 2 aliphatic heterocycles. The second kappa shape index (κ2) is 8.68. The van der Waals surface area contributed by atoms with E-state index in [-0.39, 0.29) is 18.0 Å². The first kappa shape index (κ1) is 19.5. The molecule has 5 heteroatoms. The molecule has 2 saturated heterocycles. The van der Waals surface area contributed by atoms with E-state index in [1.54, 1.807) is 0 Å². The van der Waals surface area contributed by atoms with Gasteiger partial charge in [-0.1, -0.05) is 36.4 Å². The first-order valence-electron chi connectivity index (χ1n) is 10.6. The molecule has 0 radical (unpaired) electrons. The first-order chi connectivity index (χ1) is 14.1. The van der Waals surface area contributed by atoms with Gasteiger partial charge >= 0.3 is 6.03 Å². The van der Waals surface area contributed by atoms with Crippen LogP contribution in [-0.4, -0.2) is 47.4 Å². The Bertz CT molecular complexity index is 881. The topological polar surface area (TPSA) is 52.7 Å². The van der Waals surface area contributed by atoms with Gasteiger partial charge in [0.05, 0.1) is 0 Å². The predicted molar refractivity (Wildman–Crippen MR) is 116 cm³/mol. The predicted octanol–water partition coefficient (Wildman–Crippen LogP) is 4.67. The molecule has 152 valence electrons. The van der Waals surface area contributed by atoms with Crippen LogP contribution in [0.5, 0.6) is 0 Å². The van der Waals surface area contributed by atoms with E-state index in [0.29, 0.717) is 13.0 Å². The number of aryl methyl sites for hydroxylation is 1. The van der Waals surface area contributed by atoms with Crippen molar-refractivity contribution in [3.8, 4) is 11.1 Å². The lowest BCUT2D eigenvalue weighted by molar-refractivity contribution is -0.129. The fourth-order valence-corrected chi connectivity index (χ4v) is 4.53. The van der Waals surface area contributed by atoms with E-state index < -0.39 is 0 Å². The Balaban J connectivity index is 1.38. The van der Waals surface area contributed by atoms with Crippen LogP contribution in [0, 0.1) is 6.92 Å². The van der Waals surface area contributed by atoms with E-state index in [0.717, 1.165) is 50.0 Å². The third kappa shape index (κ3) is 4.44. The molecule has 0 aliphatic carbocycles. The van der Waals surface area contributed by atoms with Gasteiger partial charge in [-0.05, 0) is 61.4 Å². The highest BCUT2D eigenvalue weighted by Gasteiger charge is 2.30. The van der Waals surface area contributed by atoms with Crippen LogP contribution in [-0.2, 0) is 4.79 Å². The number of hydrogen-bond donors (Lipinski definition) is 1. The summed E-state index contributed by atoms with van der Waals surface area (Å²) in [6.45, 7) is 4.39. The maximum absolute atomic E-state index is 12.8. The second-order valence-corrected chi connectivity index (χ2v) is 8.09. The lowest BCUT2D eigenvalue weighted by Gasteiger charge is -2.27. The summed E-state index contributed by atoms with van der Waals surface area (Å²) in [5.74, 6) is 0.280. The zero-order valence-electron chi connectivity index (χ0n) is 17.1. The third-order valence-corrected chi connectivity index (χ3v) is 6.10. The minimum absolute atomic E-state index is 0.0507. The standard InChI is InChI=1S/C24H29N3O2/c1-18-17-20(11-12-22(18)19-7-3-2-4-8-19)25-24(29)26-14-5-9-21(13-16-26)27-15-6-10-23(27)28/h2-4,7-8,11-12,17,21H,5-6,9-10,13-16H2,1H3,(H,25,29). The number of nitrogens with zero attached hydrogens (tertiary/aromatic N) is 2. The zero-order valence-corrected chi connectivity index (χ0v) is 17.1. The summed E-state index contributed by atoms with van der Waals surface area (Å²) >= 11 is 0. The number of nitrogens with one attached hydrogen (secondary N) is 1. The highest BCUT2D eigenvalue weighted by Crippen LogP contribution is 2.26. The fourth-order valence-electron chi connectivity index (χ4n) is 4.53. The van der Waals surface area contributed by atoms with Crippen molar-refractivity contribution >= 4 is 17.6 Å². The molecule has 2 aliphatic rings. The van der Waals surface area contributed by atoms with Crippen LogP contribution < -0.4 is 5.32 Å². The monoisotopic (exact) mass is 391 g/mol. The molecule has 1 atom stereocenters. The van der Waals surface area contributed by atoms with Crippen LogP contribution in [0.1, 0.15) is 37.7 Å². The molecule has 0 bridgehead atoms. The average Bonchev–Trinajstić information content (AvgIpc) is 3.00. The maximum Gasteiger partial charge on any atom is 0.321 e. The second-order valence-electron chi connectivity index (χ2n) is 8.09. The number of benzene rings is 2. The van der Waals surface area contributed by atoms with E-state index in [2.05, 4.69) is 30.4 Å². The summed E-state index contributed by atoms with van der Waals surface area (Å²) in [5.41, 5.74) is 4.31. The lowest BCUT2D eigenvalue weighted by Crippen LogP contribution is -2.38. The minimum atomic E-state index is -0.0507. The Kier molecular flexibility index (Phi) is 5.84. The Labute approximate surface area is 172 Å². The largest absolute Gasteiger partial charge is 0.340 e. The quantitative estimate of drug-likeness (QED) is 0.827. The summed E-state index contributed by atoms with van der Waals surface area (Å²) in [4.78, 5) is 28.8. The Morgan fingerprint density at radius 1 is 1.00 bits per heavy atom. The minimum Gasteiger partial charge on any atom is -0.340 e. The van der Waals surface area contributed by atoms with E-state index in [1.165, 1.54) is 11.1 Å². The number of hydrogen-bond acceptors (Lipinski definition) is 2. The van der Waals surface area contributed by atoms with Crippen LogP contribution in [0.15, 0.2) is 48.5 Å². The van der Waals surface area contributed by atoms with Gasteiger partial charge in [0, 0.05) is 37.8 Å². The molecular weight excluding hydrogens is 362 g/mol. The summed E-state index contributed by atoms with van der Waals surface area (Å²) in [7, 11) is 0. The summed E-state index contributed by atoms with van der Waals surface area (Å²) < 4.78 is 0. The van der Waals surface area contributed by atoms with Crippen molar-refractivity contribution in [3.63, 3.8) is 0 Å². The third-order valence-electron chi connectivity index (χ3n) is 6.10. The van der Waals surface area contributed by atoms with Crippen molar-refractivity contribution in [2.75, 3.05) is 25.0 Å². The lowest BCUT2D eigenvalue weighted by atomic mass is 10.0. The molecule has 1 N–H and O–H groups in total. The van der Waals surface area contributed by atoms with Crippen molar-refractivity contribution in [2.24, 2.45) is 0 Å². The van der Waals surface area contributed by atoms with Crippen molar-refractivity contribution in [2.45, 2.75) is 45.1 Å². The highest BCUT2D eigenvalue weighted by atomic mass is 16.2. The summed E-state index contributed by atoms with van der Waals surface area (Å²) in [6.07, 6.45) is 4.44. The number of amides is 3. The highest BCUT2D eigenvalue weighted by molar-refractivity contribution is 5.90. The number of likely N-dealkylation sites (tertiary alicyclic amines) is 2. The number of carbonyl (C=O) groups is 2. The van der Waals surface area contributed by atoms with E-state index >= 15 is 0 Å². The zero-order chi connectivity index (χ0) is 20.2. The molecule has 2 aromatic rings. The van der Waals surface area contributed by atoms with Crippen molar-refractivity contribution in [1.82, 2.24) is 9.80 Å². The van der Waals surface area contributed by atoms with Gasteiger partial charge in [-0.2, -0.15) is 0 Å². The van der Waals surface area contributed by atoms with Crippen molar-refractivity contribution in [1.29, 1.82) is 0 Å². The van der Waals surface area contributed by atoms with Gasteiger partial charge in [0.1, 0.15) is 0 Å². The molecule has 4 rings (SSSR count). The molecule has 1 unspecified atom stereocenters. The summed E-state index contributed by atoms with van der Waals surface area (Å²) in [6, 6.07) is 16.6. The molecule has 0 saturated carbocycles. The van der Waals surface area contributed by atoms with E-state index in [1.807, 2.05) is 40.1 Å². The number of carbonyl (C=O) groups excluding carboxylic acids is 2. The molecule has 2 aromatic carbocycles. The van der Waals surface area contributed by atoms with Gasteiger partial charge in [0.2, 0.25) is 5.91 Å². The molecule has 0 spiro atoms. The van der Waals surface area contributed by atoms with Gasteiger partial charge in [0.25, 0.3) is 0 Å². The normalized spacial score (nSPS) is 19.9. The smallest absolute Gasteiger partial charge is 0.321 e. The van der Waals surface area contributed by atoms with Crippen LogP contribution in [0.4, 0.5) is 10.5 Å². The number of urea groups is 1. The molecule has 29 heavy (non-hydrogen) atoms. The van der Waals surface area contributed by atoms with Crippen LogP contribution in [0.3, 0.4) is 0 Å². The SMILES string of the molecule is Cc1cc(NC(=O)N2CCCC(N3CCCC3=O)CC2)ccc1-c1ccccc1. The van der Waals surface area contributed by atoms with Gasteiger partial charge in [-0.3, -0.25) is 4.79 Å². The number of rotatable bonds is 3. The molecule has 5 nitrogen and oxygen atoms in total. The molecule has 0 aromatic heterocycles. The molecule has 2 fully saturated rings. The molecular formula is C24H29N3O2. The van der Waals surface area contributed by atoms with Gasteiger partial charge in [0.15, 0.2) is 0 Å². The van der Waals surface area contributed by atoms with Crippen molar-refractivity contribution in [3.05, 3.63) is 54.1 Å². The van der Waals surface area contributed by atoms with Crippen LogP contribution >= 0.6 is 0 Å². The van der Waals surface area contributed by atoms with Gasteiger partial charge in [-0.15, -0.1) is 0 Å². The van der Waals surface area contributed by atoms with Crippen LogP contribution in [0.2, 0.25) is 0 Å².